The van der Waals surface area contributed by atoms with Gasteiger partial charge in [0.15, 0.2) is 40.4 Å². The Bertz CT molecular complexity index is 1180. The minimum atomic E-state index is -0.909. The number of nitrogens with zero attached hydrogens (tertiary/aromatic N) is 2. The van der Waals surface area contributed by atoms with Crippen molar-refractivity contribution in [1.82, 2.24) is 9.97 Å². The summed E-state index contributed by atoms with van der Waals surface area (Å²) in [5, 5.41) is 2.83. The molecule has 1 heterocycles. The molecule has 0 aliphatic carbocycles. The van der Waals surface area contributed by atoms with Crippen LogP contribution in [0.4, 0.5) is 24.8 Å². The van der Waals surface area contributed by atoms with Crippen molar-refractivity contribution in [2.75, 3.05) is 32.8 Å². The van der Waals surface area contributed by atoms with Crippen LogP contribution in [0.15, 0.2) is 36.7 Å². The van der Waals surface area contributed by atoms with Crippen LogP contribution in [0.1, 0.15) is 25.3 Å². The molecule has 9 nitrogen and oxygen atoms in total. The topological polar surface area (TPSA) is 101 Å². The van der Waals surface area contributed by atoms with Crippen molar-refractivity contribution < 1.29 is 41.7 Å². The third-order valence-corrected chi connectivity index (χ3v) is 4.95. The van der Waals surface area contributed by atoms with Gasteiger partial charge in [-0.1, -0.05) is 0 Å². The largest absolute Gasteiger partial charge is 0.494 e. The molecule has 0 aliphatic rings. The van der Waals surface area contributed by atoms with Gasteiger partial charge in [0.25, 0.3) is 0 Å². The highest BCUT2D eigenvalue weighted by Crippen LogP contribution is 2.32. The average Bonchev–Trinajstić information content (AvgIpc) is 2.89. The first-order valence-corrected chi connectivity index (χ1v) is 11.2. The van der Waals surface area contributed by atoms with E-state index in [4.69, 9.17) is 23.7 Å². The maximum atomic E-state index is 14.5. The lowest BCUT2D eigenvalue weighted by Gasteiger charge is -2.13. The smallest absolute Gasteiger partial charge is 0.305 e. The van der Waals surface area contributed by atoms with Crippen molar-refractivity contribution in [3.05, 3.63) is 59.7 Å². The van der Waals surface area contributed by atoms with Gasteiger partial charge >= 0.3 is 5.97 Å². The number of aromatic nitrogens is 2. The summed E-state index contributed by atoms with van der Waals surface area (Å²) in [5.41, 5.74) is -0.0188. The number of esters is 1. The summed E-state index contributed by atoms with van der Waals surface area (Å²) >= 11 is 0. The number of anilines is 2. The van der Waals surface area contributed by atoms with E-state index in [0.29, 0.717) is 18.7 Å². The molecular formula is C25H26F3N3O6. The second-order valence-electron chi connectivity index (χ2n) is 7.45. The summed E-state index contributed by atoms with van der Waals surface area (Å²) in [4.78, 5) is 19.4. The number of hydrogen-bond donors (Lipinski definition) is 1. The van der Waals surface area contributed by atoms with Crippen LogP contribution < -0.4 is 24.3 Å². The van der Waals surface area contributed by atoms with E-state index >= 15 is 0 Å². The monoisotopic (exact) mass is 521 g/mol. The maximum Gasteiger partial charge on any atom is 0.305 e. The van der Waals surface area contributed by atoms with Gasteiger partial charge in [0.1, 0.15) is 6.61 Å². The van der Waals surface area contributed by atoms with Crippen molar-refractivity contribution in [1.29, 1.82) is 0 Å². The number of nitrogens with one attached hydrogen (secondary N) is 1. The summed E-state index contributed by atoms with van der Waals surface area (Å²) in [6.45, 7) is 1.72. The number of hydrogen-bond acceptors (Lipinski definition) is 9. The van der Waals surface area contributed by atoms with Gasteiger partial charge in [-0.2, -0.15) is 0 Å². The molecule has 12 heteroatoms. The molecule has 37 heavy (non-hydrogen) atoms. The van der Waals surface area contributed by atoms with Gasteiger partial charge in [-0.15, -0.1) is 0 Å². The predicted molar refractivity (Wildman–Crippen MR) is 127 cm³/mol. The Balaban J connectivity index is 1.56. The van der Waals surface area contributed by atoms with Crippen molar-refractivity contribution in [2.24, 2.45) is 0 Å². The zero-order chi connectivity index (χ0) is 26.8. The molecule has 2 aromatic carbocycles. The predicted octanol–water partition coefficient (Wildman–Crippen LogP) is 4.96. The molecule has 0 saturated heterocycles. The molecule has 3 rings (SSSR count). The van der Waals surface area contributed by atoms with E-state index in [2.05, 4.69) is 15.3 Å². The number of halogens is 3. The van der Waals surface area contributed by atoms with Gasteiger partial charge in [0, 0.05) is 24.2 Å². The Hall–Kier alpha value is -4.22. The number of methoxy groups -OCH3 is 2. The SMILES string of the molecule is CCOC(=O)CCCOc1ccc(Nc2ncc(OCc3c(F)c(OC)cc(OC)c3F)cn2)cc1F. The van der Waals surface area contributed by atoms with Crippen molar-refractivity contribution >= 4 is 17.6 Å². The number of carbonyl (C=O) groups excluding carboxylic acids is 1. The molecule has 0 radical (unpaired) electrons. The Morgan fingerprint density at radius 2 is 1.62 bits per heavy atom. The molecule has 3 aromatic rings. The van der Waals surface area contributed by atoms with Gasteiger partial charge < -0.3 is 29.0 Å². The zero-order valence-electron chi connectivity index (χ0n) is 20.5. The van der Waals surface area contributed by atoms with Crippen molar-refractivity contribution in [3.8, 4) is 23.0 Å². The summed E-state index contributed by atoms with van der Waals surface area (Å²) in [5.74, 6) is -2.82. The van der Waals surface area contributed by atoms with Gasteiger partial charge in [0.05, 0.1) is 45.4 Å². The fourth-order valence-electron chi connectivity index (χ4n) is 3.13. The summed E-state index contributed by atoms with van der Waals surface area (Å²) in [6.07, 6.45) is 3.16. The lowest BCUT2D eigenvalue weighted by molar-refractivity contribution is -0.143. The Morgan fingerprint density at radius 1 is 0.946 bits per heavy atom. The summed E-state index contributed by atoms with van der Waals surface area (Å²) < 4.78 is 68.7. The maximum absolute atomic E-state index is 14.5. The average molecular weight is 521 g/mol. The lowest BCUT2D eigenvalue weighted by Crippen LogP contribution is -2.07. The molecule has 0 saturated carbocycles. The normalized spacial score (nSPS) is 10.5. The number of rotatable bonds is 13. The van der Waals surface area contributed by atoms with E-state index in [0.717, 1.165) is 6.07 Å². The van der Waals surface area contributed by atoms with E-state index in [-0.39, 0.29) is 53.5 Å². The van der Waals surface area contributed by atoms with Gasteiger partial charge in [0.2, 0.25) is 5.95 Å². The third kappa shape index (κ3) is 7.38. The standard InChI is InChI=1S/C25H26F3N3O6/c1-4-35-22(32)6-5-9-36-19-8-7-15(10-18(19)26)31-25-29-12-16(13-30-25)37-14-17-23(27)20(33-2)11-21(34-3)24(17)28/h7-8,10-13H,4-6,9,14H2,1-3H3,(H,29,30,31). The Labute approximate surface area is 211 Å². The highest BCUT2D eigenvalue weighted by Gasteiger charge is 2.20. The first-order valence-electron chi connectivity index (χ1n) is 11.2. The summed E-state index contributed by atoms with van der Waals surface area (Å²) in [6, 6.07) is 5.31. The van der Waals surface area contributed by atoms with Crippen molar-refractivity contribution in [3.63, 3.8) is 0 Å². The van der Waals surface area contributed by atoms with Crippen LogP contribution in [0, 0.1) is 17.5 Å². The van der Waals surface area contributed by atoms with Gasteiger partial charge in [-0.3, -0.25) is 4.79 Å². The second-order valence-corrected chi connectivity index (χ2v) is 7.45. The fraction of sp³-hybridized carbons (Fsp3) is 0.320. The van der Waals surface area contributed by atoms with Crippen LogP contribution in [-0.4, -0.2) is 43.4 Å². The van der Waals surface area contributed by atoms with E-state index in [1.807, 2.05) is 0 Å². The second kappa shape index (κ2) is 13.2. The number of ether oxygens (including phenoxy) is 5. The minimum absolute atomic E-state index is 0.0349. The molecular weight excluding hydrogens is 495 g/mol. The van der Waals surface area contributed by atoms with Crippen LogP contribution in [0.3, 0.4) is 0 Å². The molecule has 0 aliphatic heterocycles. The van der Waals surface area contributed by atoms with E-state index in [1.54, 1.807) is 13.0 Å². The van der Waals surface area contributed by atoms with Gasteiger partial charge in [-0.25, -0.2) is 23.1 Å². The quantitative estimate of drug-likeness (QED) is 0.247. The number of carbonyl (C=O) groups is 1. The molecule has 0 unspecified atom stereocenters. The highest BCUT2D eigenvalue weighted by atomic mass is 19.1. The lowest BCUT2D eigenvalue weighted by atomic mass is 10.1. The van der Waals surface area contributed by atoms with Crippen LogP contribution in [0.2, 0.25) is 0 Å². The highest BCUT2D eigenvalue weighted by molar-refractivity contribution is 5.69. The molecule has 0 atom stereocenters. The zero-order valence-corrected chi connectivity index (χ0v) is 20.5. The first-order chi connectivity index (χ1) is 17.9. The van der Waals surface area contributed by atoms with Gasteiger partial charge in [-0.05, 0) is 25.5 Å². The molecule has 0 spiro atoms. The van der Waals surface area contributed by atoms with Crippen molar-refractivity contribution in [2.45, 2.75) is 26.4 Å². The Kier molecular flexibility index (Phi) is 9.76. The van der Waals surface area contributed by atoms with Crippen LogP contribution in [-0.2, 0) is 16.1 Å². The summed E-state index contributed by atoms with van der Waals surface area (Å²) in [7, 11) is 2.50. The fourth-order valence-corrected chi connectivity index (χ4v) is 3.13. The van der Waals surface area contributed by atoms with E-state index in [9.17, 15) is 18.0 Å². The first kappa shape index (κ1) is 27.4. The molecule has 1 N–H and O–H groups in total. The molecule has 0 amide bonds. The molecule has 198 valence electrons. The van der Waals surface area contributed by atoms with Crippen LogP contribution >= 0.6 is 0 Å². The molecule has 1 aromatic heterocycles. The number of benzene rings is 2. The Morgan fingerprint density at radius 3 is 2.22 bits per heavy atom. The molecule has 0 bridgehead atoms. The minimum Gasteiger partial charge on any atom is -0.494 e. The van der Waals surface area contributed by atoms with Crippen LogP contribution in [0.5, 0.6) is 23.0 Å². The third-order valence-electron chi connectivity index (χ3n) is 4.95. The van der Waals surface area contributed by atoms with Crippen LogP contribution in [0.25, 0.3) is 0 Å². The molecule has 0 fully saturated rings. The van der Waals surface area contributed by atoms with E-state index < -0.39 is 24.1 Å². The van der Waals surface area contributed by atoms with E-state index in [1.165, 1.54) is 38.7 Å².